The van der Waals surface area contributed by atoms with Gasteiger partial charge in [0.2, 0.25) is 0 Å². The van der Waals surface area contributed by atoms with Crippen LogP contribution in [0, 0.1) is 0 Å². The molecule has 0 bridgehead atoms. The summed E-state index contributed by atoms with van der Waals surface area (Å²) in [5.74, 6) is 0. The van der Waals surface area contributed by atoms with Crippen LogP contribution in [0.4, 0.5) is 0 Å². The highest BCUT2D eigenvalue weighted by Crippen LogP contribution is 2.01. The molecule has 0 aliphatic heterocycles. The van der Waals surface area contributed by atoms with Gasteiger partial charge >= 0.3 is 5.63 Å². The van der Waals surface area contributed by atoms with E-state index in [1.54, 1.807) is 18.3 Å². The maximum atomic E-state index is 10.6. The average molecular weight is 148 g/mol. The van der Waals surface area contributed by atoms with E-state index in [0.717, 1.165) is 0 Å². The van der Waals surface area contributed by atoms with Gasteiger partial charge in [-0.15, -0.1) is 0 Å². The summed E-state index contributed by atoms with van der Waals surface area (Å²) >= 11 is 0. The number of pyridine rings is 1. The third-order valence-electron chi connectivity index (χ3n) is 1.30. The number of aromatic nitrogens is 2. The molecule has 11 heavy (non-hydrogen) atoms. The first-order chi connectivity index (χ1) is 5.36. The predicted molar refractivity (Wildman–Crippen MR) is 38.1 cm³/mol. The lowest BCUT2D eigenvalue weighted by Crippen LogP contribution is -1.98. The molecule has 0 aliphatic rings. The summed E-state index contributed by atoms with van der Waals surface area (Å²) in [5, 5.41) is 3.53. The lowest BCUT2D eigenvalue weighted by atomic mass is 10.4. The standard InChI is InChI=1S/C7H4N2O2/c10-7-4-6-5(9-11-7)2-1-3-8-6/h1-4H. The first kappa shape index (κ1) is 6.03. The fourth-order valence-electron chi connectivity index (χ4n) is 0.830. The lowest BCUT2D eigenvalue weighted by Gasteiger charge is -1.88. The van der Waals surface area contributed by atoms with Crippen LogP contribution in [0.1, 0.15) is 0 Å². The quantitative estimate of drug-likeness (QED) is 0.548. The molecule has 2 rings (SSSR count). The minimum Gasteiger partial charge on any atom is -0.313 e. The monoisotopic (exact) mass is 148 g/mol. The van der Waals surface area contributed by atoms with Crippen LogP contribution >= 0.6 is 0 Å². The van der Waals surface area contributed by atoms with E-state index in [-0.39, 0.29) is 0 Å². The van der Waals surface area contributed by atoms with Gasteiger partial charge < -0.3 is 4.52 Å². The van der Waals surface area contributed by atoms with Crippen LogP contribution in [-0.4, -0.2) is 10.1 Å². The third kappa shape index (κ3) is 0.980. The Labute approximate surface area is 61.5 Å². The van der Waals surface area contributed by atoms with E-state index in [2.05, 4.69) is 14.7 Å². The Kier molecular flexibility index (Phi) is 1.18. The smallest absolute Gasteiger partial charge is 0.313 e. The maximum absolute atomic E-state index is 10.6. The van der Waals surface area contributed by atoms with Crippen molar-refractivity contribution < 1.29 is 4.52 Å². The number of hydrogen-bond acceptors (Lipinski definition) is 4. The van der Waals surface area contributed by atoms with Gasteiger partial charge in [-0.2, -0.15) is 0 Å². The van der Waals surface area contributed by atoms with Crippen molar-refractivity contribution in [3.63, 3.8) is 0 Å². The van der Waals surface area contributed by atoms with E-state index >= 15 is 0 Å². The van der Waals surface area contributed by atoms with E-state index in [0.29, 0.717) is 11.0 Å². The number of rotatable bonds is 0. The zero-order valence-electron chi connectivity index (χ0n) is 5.52. The summed E-state index contributed by atoms with van der Waals surface area (Å²) in [6, 6.07) is 4.77. The summed E-state index contributed by atoms with van der Waals surface area (Å²) in [7, 11) is 0. The van der Waals surface area contributed by atoms with Crippen molar-refractivity contribution in [1.29, 1.82) is 0 Å². The molecule has 0 saturated heterocycles. The minimum atomic E-state index is -0.476. The molecule has 0 saturated carbocycles. The molecule has 2 aromatic rings. The maximum Gasteiger partial charge on any atom is 0.360 e. The molecular formula is C7H4N2O2. The molecule has 0 aromatic carbocycles. The molecule has 4 heteroatoms. The second-order valence-corrected chi connectivity index (χ2v) is 2.05. The molecular weight excluding hydrogens is 144 g/mol. The van der Waals surface area contributed by atoms with Gasteiger partial charge in [-0.05, 0) is 12.1 Å². The van der Waals surface area contributed by atoms with Gasteiger partial charge in [0.1, 0.15) is 5.52 Å². The molecule has 2 heterocycles. The number of nitrogens with zero attached hydrogens (tertiary/aromatic N) is 2. The van der Waals surface area contributed by atoms with E-state index in [4.69, 9.17) is 0 Å². The normalized spacial score (nSPS) is 10.2. The van der Waals surface area contributed by atoms with Gasteiger partial charge in [0.15, 0.2) is 0 Å². The molecule has 0 unspecified atom stereocenters. The van der Waals surface area contributed by atoms with Crippen LogP contribution in [0.2, 0.25) is 0 Å². The van der Waals surface area contributed by atoms with Crippen molar-refractivity contribution in [2.24, 2.45) is 0 Å². The highest BCUT2D eigenvalue weighted by molar-refractivity contribution is 5.71. The molecule has 0 fully saturated rings. The SMILES string of the molecule is O=c1cc2ncccc2no1. The molecule has 4 nitrogen and oxygen atoms in total. The summed E-state index contributed by atoms with van der Waals surface area (Å²) < 4.78 is 4.39. The summed E-state index contributed by atoms with van der Waals surface area (Å²) in [4.78, 5) is 14.5. The van der Waals surface area contributed by atoms with Crippen LogP contribution in [0.15, 0.2) is 33.7 Å². The Hall–Kier alpha value is -1.71. The van der Waals surface area contributed by atoms with E-state index in [1.165, 1.54) is 6.07 Å². The molecule has 0 amide bonds. The van der Waals surface area contributed by atoms with Crippen LogP contribution in [0.3, 0.4) is 0 Å². The van der Waals surface area contributed by atoms with Crippen molar-refractivity contribution in [3.8, 4) is 0 Å². The molecule has 0 spiro atoms. The predicted octanol–water partition coefficient (Wildman–Crippen LogP) is 0.583. The lowest BCUT2D eigenvalue weighted by molar-refractivity contribution is 0.381. The van der Waals surface area contributed by atoms with E-state index < -0.39 is 5.63 Å². The zero-order chi connectivity index (χ0) is 7.68. The average Bonchev–Trinajstić information content (AvgIpc) is 2.04. The summed E-state index contributed by atoms with van der Waals surface area (Å²) in [6.07, 6.45) is 1.60. The number of fused-ring (bicyclic) bond motifs is 1. The molecule has 54 valence electrons. The number of hydrogen-bond donors (Lipinski definition) is 0. The highest BCUT2D eigenvalue weighted by Gasteiger charge is 1.95. The zero-order valence-corrected chi connectivity index (χ0v) is 5.52. The molecule has 0 radical (unpaired) electrons. The molecule has 0 N–H and O–H groups in total. The Morgan fingerprint density at radius 2 is 2.27 bits per heavy atom. The van der Waals surface area contributed by atoms with Crippen LogP contribution in [0.25, 0.3) is 11.0 Å². The topological polar surface area (TPSA) is 56.0 Å². The third-order valence-corrected chi connectivity index (χ3v) is 1.30. The van der Waals surface area contributed by atoms with Gasteiger partial charge in [-0.3, -0.25) is 4.98 Å². The van der Waals surface area contributed by atoms with Crippen LogP contribution < -0.4 is 5.63 Å². The Morgan fingerprint density at radius 1 is 1.36 bits per heavy atom. The van der Waals surface area contributed by atoms with Crippen molar-refractivity contribution in [3.05, 3.63) is 34.8 Å². The summed E-state index contributed by atoms with van der Waals surface area (Å²) in [5.41, 5.74) is 0.673. The minimum absolute atomic E-state index is 0.476. The molecule has 0 aliphatic carbocycles. The van der Waals surface area contributed by atoms with Gasteiger partial charge in [0, 0.05) is 6.20 Å². The molecule has 2 aromatic heterocycles. The highest BCUT2D eigenvalue weighted by atomic mass is 16.5. The van der Waals surface area contributed by atoms with Crippen molar-refractivity contribution in [2.75, 3.05) is 0 Å². The van der Waals surface area contributed by atoms with Gasteiger partial charge in [0.25, 0.3) is 0 Å². The van der Waals surface area contributed by atoms with Crippen LogP contribution in [-0.2, 0) is 0 Å². The summed E-state index contributed by atoms with van der Waals surface area (Å²) in [6.45, 7) is 0. The largest absolute Gasteiger partial charge is 0.360 e. The van der Waals surface area contributed by atoms with Gasteiger partial charge in [0.05, 0.1) is 11.6 Å². The van der Waals surface area contributed by atoms with Gasteiger partial charge in [-0.1, -0.05) is 5.16 Å². The Balaban J connectivity index is 2.94. The second kappa shape index (κ2) is 2.16. The fourth-order valence-corrected chi connectivity index (χ4v) is 0.830. The van der Waals surface area contributed by atoms with E-state index in [9.17, 15) is 4.79 Å². The first-order valence-electron chi connectivity index (χ1n) is 3.08. The van der Waals surface area contributed by atoms with Crippen LogP contribution in [0.5, 0.6) is 0 Å². The van der Waals surface area contributed by atoms with Crippen molar-refractivity contribution >= 4 is 11.0 Å². The second-order valence-electron chi connectivity index (χ2n) is 2.05. The van der Waals surface area contributed by atoms with Crippen molar-refractivity contribution in [2.45, 2.75) is 0 Å². The molecule has 0 atom stereocenters. The first-order valence-corrected chi connectivity index (χ1v) is 3.08. The van der Waals surface area contributed by atoms with Crippen molar-refractivity contribution in [1.82, 2.24) is 10.1 Å². The van der Waals surface area contributed by atoms with Gasteiger partial charge in [-0.25, -0.2) is 4.79 Å². The van der Waals surface area contributed by atoms with E-state index in [1.807, 2.05) is 0 Å². The Morgan fingerprint density at radius 3 is 3.18 bits per heavy atom. The Bertz CT molecular complexity index is 435. The fraction of sp³-hybridized carbons (Fsp3) is 0.